The number of nitrogens with zero attached hydrogens (tertiary/aromatic N) is 3. The molecule has 1 N–H and O–H groups in total. The zero-order valence-corrected chi connectivity index (χ0v) is 16.1. The lowest BCUT2D eigenvalue weighted by molar-refractivity contribution is -0.0912. The minimum Gasteiger partial charge on any atom is -0.423 e. The molecule has 5 rings (SSSR count). The van der Waals surface area contributed by atoms with Crippen molar-refractivity contribution in [2.75, 3.05) is 5.32 Å². The summed E-state index contributed by atoms with van der Waals surface area (Å²) in [6.07, 6.45) is 7.45. The summed E-state index contributed by atoms with van der Waals surface area (Å²) in [5, 5.41) is 12.1. The van der Waals surface area contributed by atoms with E-state index in [0.717, 1.165) is 42.0 Å². The van der Waals surface area contributed by atoms with Crippen LogP contribution < -0.4 is 5.32 Å². The number of amides is 2. The first kappa shape index (κ1) is 17.0. The van der Waals surface area contributed by atoms with Crippen LogP contribution in [0.1, 0.15) is 68.2 Å². The van der Waals surface area contributed by atoms with Gasteiger partial charge in [0.2, 0.25) is 11.8 Å². The molecule has 1 saturated heterocycles. The van der Waals surface area contributed by atoms with Gasteiger partial charge in [-0.05, 0) is 61.8 Å². The van der Waals surface area contributed by atoms with Gasteiger partial charge in [0.25, 0.3) is 0 Å². The first-order chi connectivity index (χ1) is 13.1. The van der Waals surface area contributed by atoms with E-state index in [1.54, 1.807) is 6.92 Å². The van der Waals surface area contributed by atoms with Gasteiger partial charge in [-0.15, -0.1) is 10.2 Å². The Morgan fingerprint density at radius 1 is 1.30 bits per heavy atom. The van der Waals surface area contributed by atoms with Crippen LogP contribution in [0.25, 0.3) is 0 Å². The van der Waals surface area contributed by atoms with Gasteiger partial charge in [-0.3, -0.25) is 0 Å². The molecule has 3 aliphatic rings. The molecule has 1 aliphatic heterocycles. The fraction of sp³-hybridized carbons (Fsp3) is 0.550. The fourth-order valence-corrected chi connectivity index (χ4v) is 5.15. The lowest BCUT2D eigenvalue weighted by atomic mass is 9.68. The molecule has 2 amide bonds. The van der Waals surface area contributed by atoms with Crippen molar-refractivity contribution in [3.8, 4) is 0 Å². The van der Waals surface area contributed by atoms with Crippen LogP contribution in [0.2, 0.25) is 5.02 Å². The van der Waals surface area contributed by atoms with E-state index in [2.05, 4.69) is 15.5 Å². The average molecular weight is 387 g/mol. The van der Waals surface area contributed by atoms with E-state index in [0.29, 0.717) is 17.7 Å². The summed E-state index contributed by atoms with van der Waals surface area (Å²) in [6, 6.07) is 5.94. The number of fused-ring (bicyclic) bond motifs is 2. The van der Waals surface area contributed by atoms with Crippen LogP contribution in [0.5, 0.6) is 0 Å². The lowest BCUT2D eigenvalue weighted by Gasteiger charge is -2.59. The number of aryl methyl sites for hydroxylation is 1. The number of halogens is 1. The predicted octanol–water partition coefficient (Wildman–Crippen LogP) is 4.98. The number of aromatic nitrogens is 2. The quantitative estimate of drug-likeness (QED) is 0.807. The van der Waals surface area contributed by atoms with Gasteiger partial charge in [0.05, 0.1) is 0 Å². The van der Waals surface area contributed by atoms with Gasteiger partial charge < -0.3 is 14.6 Å². The monoisotopic (exact) mass is 386 g/mol. The van der Waals surface area contributed by atoms with Gasteiger partial charge in [0.1, 0.15) is 5.54 Å². The van der Waals surface area contributed by atoms with Crippen LogP contribution in [0, 0.1) is 6.92 Å². The number of urea groups is 1. The normalized spacial score (nSPS) is 27.0. The van der Waals surface area contributed by atoms with Crippen molar-refractivity contribution < 1.29 is 9.21 Å². The van der Waals surface area contributed by atoms with E-state index in [1.807, 2.05) is 23.1 Å². The van der Waals surface area contributed by atoms with Crippen LogP contribution in [0.15, 0.2) is 22.6 Å². The van der Waals surface area contributed by atoms with Crippen molar-refractivity contribution in [1.29, 1.82) is 0 Å². The number of piperidine rings is 1. The molecule has 0 radical (unpaired) electrons. The summed E-state index contributed by atoms with van der Waals surface area (Å²) in [5.41, 5.74) is 1.50. The third kappa shape index (κ3) is 2.64. The number of hydrogen-bond acceptors (Lipinski definition) is 4. The highest BCUT2D eigenvalue weighted by Gasteiger charge is 2.60. The Labute approximate surface area is 163 Å². The molecule has 2 atom stereocenters. The highest BCUT2D eigenvalue weighted by Crippen LogP contribution is 2.53. The summed E-state index contributed by atoms with van der Waals surface area (Å²) < 4.78 is 5.72. The number of carbonyl (C=O) groups is 1. The van der Waals surface area contributed by atoms with Crippen LogP contribution >= 0.6 is 11.6 Å². The Morgan fingerprint density at radius 2 is 2.15 bits per heavy atom. The van der Waals surface area contributed by atoms with Crippen molar-refractivity contribution in [1.82, 2.24) is 15.1 Å². The molecule has 1 aromatic heterocycles. The van der Waals surface area contributed by atoms with Crippen LogP contribution in [0.4, 0.5) is 10.5 Å². The standard InChI is InChI=1S/C20H23ClN4O2/c1-12-23-24-18(27-12)20-9-3-6-15(11-20)25(20)19(26)22-14-7-8-17(21)16(10-14)13-4-2-5-13/h7-8,10,13,15H,2-6,9,11H2,1H3,(H,22,26)/t15-,20+/m0/s1. The van der Waals surface area contributed by atoms with Crippen LogP contribution in [0.3, 0.4) is 0 Å². The third-order valence-corrected chi connectivity index (χ3v) is 6.81. The molecule has 2 saturated carbocycles. The Morgan fingerprint density at radius 3 is 2.81 bits per heavy atom. The number of anilines is 1. The van der Waals surface area contributed by atoms with Gasteiger partial charge in [-0.2, -0.15) is 0 Å². The van der Waals surface area contributed by atoms with Gasteiger partial charge in [0, 0.05) is 30.1 Å². The Balaban J connectivity index is 1.39. The average Bonchev–Trinajstić information content (AvgIpc) is 3.03. The van der Waals surface area contributed by atoms with E-state index in [9.17, 15) is 4.79 Å². The van der Waals surface area contributed by atoms with Crippen molar-refractivity contribution in [3.05, 3.63) is 40.6 Å². The molecule has 0 unspecified atom stereocenters. The van der Waals surface area contributed by atoms with E-state index in [1.165, 1.54) is 19.3 Å². The van der Waals surface area contributed by atoms with Crippen molar-refractivity contribution in [2.24, 2.45) is 0 Å². The molecule has 142 valence electrons. The summed E-state index contributed by atoms with van der Waals surface area (Å²) >= 11 is 6.37. The number of carbonyl (C=O) groups excluding carboxylic acids is 1. The molecule has 2 bridgehead atoms. The topological polar surface area (TPSA) is 71.3 Å². The summed E-state index contributed by atoms with van der Waals surface area (Å²) in [6.45, 7) is 1.78. The molecule has 6 nitrogen and oxygen atoms in total. The molecule has 27 heavy (non-hydrogen) atoms. The number of rotatable bonds is 3. The molecule has 3 fully saturated rings. The number of nitrogens with one attached hydrogen (secondary N) is 1. The van der Waals surface area contributed by atoms with Gasteiger partial charge >= 0.3 is 6.03 Å². The number of hydrogen-bond donors (Lipinski definition) is 1. The molecule has 2 heterocycles. The molecule has 2 aliphatic carbocycles. The van der Waals surface area contributed by atoms with Gasteiger partial charge in [0.15, 0.2) is 0 Å². The van der Waals surface area contributed by atoms with E-state index < -0.39 is 5.54 Å². The second-order valence-corrected chi connectivity index (χ2v) is 8.48. The summed E-state index contributed by atoms with van der Waals surface area (Å²) in [4.78, 5) is 15.1. The van der Waals surface area contributed by atoms with Gasteiger partial charge in [-0.25, -0.2) is 4.79 Å². The minimum absolute atomic E-state index is 0.0938. The van der Waals surface area contributed by atoms with E-state index in [4.69, 9.17) is 16.0 Å². The molecule has 0 spiro atoms. The lowest BCUT2D eigenvalue weighted by Crippen LogP contribution is -2.69. The smallest absolute Gasteiger partial charge is 0.322 e. The van der Waals surface area contributed by atoms with Crippen LogP contribution in [-0.4, -0.2) is 27.2 Å². The second kappa shape index (κ2) is 6.23. The SMILES string of the molecule is Cc1nnc([C@@]23CCC[C@@H](C2)N3C(=O)Nc2ccc(Cl)c(C3CCC3)c2)o1. The van der Waals surface area contributed by atoms with Crippen molar-refractivity contribution >= 4 is 23.3 Å². The predicted molar refractivity (Wildman–Crippen MR) is 102 cm³/mol. The second-order valence-electron chi connectivity index (χ2n) is 8.07. The van der Waals surface area contributed by atoms with Crippen LogP contribution in [-0.2, 0) is 5.54 Å². The Bertz CT molecular complexity index is 890. The number of likely N-dealkylation sites (tertiary alicyclic amines) is 1. The van der Waals surface area contributed by atoms with Crippen molar-refractivity contribution in [2.45, 2.75) is 69.4 Å². The number of benzene rings is 1. The highest BCUT2D eigenvalue weighted by molar-refractivity contribution is 6.31. The summed E-state index contributed by atoms with van der Waals surface area (Å²) in [7, 11) is 0. The maximum absolute atomic E-state index is 13.1. The first-order valence-electron chi connectivity index (χ1n) is 9.77. The fourth-order valence-electron chi connectivity index (χ4n) is 4.88. The zero-order chi connectivity index (χ0) is 18.6. The maximum Gasteiger partial charge on any atom is 0.322 e. The highest BCUT2D eigenvalue weighted by atomic mass is 35.5. The molecule has 7 heteroatoms. The zero-order valence-electron chi connectivity index (χ0n) is 15.4. The molecule has 2 aromatic rings. The largest absolute Gasteiger partial charge is 0.423 e. The van der Waals surface area contributed by atoms with Crippen molar-refractivity contribution in [3.63, 3.8) is 0 Å². The Hall–Kier alpha value is -2.08. The Kier molecular flexibility index (Phi) is 3.93. The summed E-state index contributed by atoms with van der Waals surface area (Å²) in [5.74, 6) is 1.62. The van der Waals surface area contributed by atoms with E-state index in [-0.39, 0.29) is 12.1 Å². The molecule has 1 aromatic carbocycles. The minimum atomic E-state index is -0.447. The van der Waals surface area contributed by atoms with E-state index >= 15 is 0 Å². The third-order valence-electron chi connectivity index (χ3n) is 6.46. The molecular weight excluding hydrogens is 364 g/mol. The first-order valence-corrected chi connectivity index (χ1v) is 10.1. The maximum atomic E-state index is 13.1. The molecular formula is C20H23ClN4O2. The van der Waals surface area contributed by atoms with Gasteiger partial charge in [-0.1, -0.05) is 18.0 Å².